The number of nitrogens with zero attached hydrogens (tertiary/aromatic N) is 1. The summed E-state index contributed by atoms with van der Waals surface area (Å²) in [4.78, 5) is 43.3. The van der Waals surface area contributed by atoms with E-state index in [2.05, 4.69) is 20.9 Å². The lowest BCUT2D eigenvalue weighted by Crippen LogP contribution is -2.40. The van der Waals surface area contributed by atoms with Crippen LogP contribution in [0, 0.1) is 5.92 Å². The molecule has 41 heavy (non-hydrogen) atoms. The highest BCUT2D eigenvalue weighted by Crippen LogP contribution is 2.50. The smallest absolute Gasteiger partial charge is 0.248 e. The molecule has 218 valence electrons. The molecule has 3 atom stereocenters. The fourth-order valence-electron chi connectivity index (χ4n) is 5.16. The van der Waals surface area contributed by atoms with Gasteiger partial charge in [0.15, 0.2) is 16.6 Å². The standard InChI is InChI=1S/C30H36N4O6S/c1-7-16(2)26(29(37)34-30-31-12-13-41-30)33-22-11-9-19-20(15-23(22)36)21(32-17(3)35)10-8-18-14-24(38-4)27(39-5)28(40-6)25(18)19/h9,11-16,21,26H,7-8,10H2,1-6H3,(H,32,35)(H,33,36)(H,31,34,37)/t16-,21+,26-/m0/s1. The number of nitrogens with one attached hydrogen (secondary N) is 3. The summed E-state index contributed by atoms with van der Waals surface area (Å²) < 4.78 is 17.1. The maximum atomic E-state index is 13.7. The van der Waals surface area contributed by atoms with Crippen LogP contribution >= 0.6 is 11.3 Å². The van der Waals surface area contributed by atoms with E-state index in [1.807, 2.05) is 26.0 Å². The predicted molar refractivity (Wildman–Crippen MR) is 160 cm³/mol. The van der Waals surface area contributed by atoms with Gasteiger partial charge in [-0.2, -0.15) is 0 Å². The number of methoxy groups -OCH3 is 3. The van der Waals surface area contributed by atoms with Crippen LogP contribution in [0.25, 0.3) is 11.1 Å². The molecule has 0 fully saturated rings. The van der Waals surface area contributed by atoms with Gasteiger partial charge in [-0.3, -0.25) is 14.4 Å². The lowest BCUT2D eigenvalue weighted by Gasteiger charge is -2.23. The van der Waals surface area contributed by atoms with Gasteiger partial charge in [0.25, 0.3) is 0 Å². The molecule has 0 aliphatic heterocycles. The van der Waals surface area contributed by atoms with Gasteiger partial charge >= 0.3 is 0 Å². The fourth-order valence-corrected chi connectivity index (χ4v) is 5.70. The molecular formula is C30H36N4O6S. The van der Waals surface area contributed by atoms with Gasteiger partial charge in [-0.25, -0.2) is 4.98 Å². The summed E-state index contributed by atoms with van der Waals surface area (Å²) in [6, 6.07) is 5.85. The molecule has 10 nitrogen and oxygen atoms in total. The SMILES string of the molecule is CC[C@H](C)[C@H](Nc1ccc2c(cc1=O)[C@H](NC(C)=O)CCc1cc(OC)c(OC)c(OC)c1-2)C(=O)Nc1nccs1. The van der Waals surface area contributed by atoms with Crippen molar-refractivity contribution in [1.29, 1.82) is 0 Å². The molecule has 0 spiro atoms. The lowest BCUT2D eigenvalue weighted by atomic mass is 9.95. The molecule has 0 radical (unpaired) electrons. The van der Waals surface area contributed by atoms with Crippen LogP contribution in [0.1, 0.15) is 50.8 Å². The number of hydrogen-bond acceptors (Lipinski definition) is 9. The molecule has 0 saturated heterocycles. The van der Waals surface area contributed by atoms with Crippen molar-refractivity contribution in [3.05, 3.63) is 57.2 Å². The fraction of sp³-hybridized carbons (Fsp3) is 0.400. The largest absolute Gasteiger partial charge is 0.493 e. The summed E-state index contributed by atoms with van der Waals surface area (Å²) in [6.07, 6.45) is 3.48. The zero-order valence-electron chi connectivity index (χ0n) is 24.1. The third-order valence-corrected chi connectivity index (χ3v) is 8.07. The Bertz CT molecular complexity index is 1480. The Labute approximate surface area is 243 Å². The molecule has 3 N–H and O–H groups in total. The molecule has 0 saturated carbocycles. The molecule has 0 unspecified atom stereocenters. The quantitative estimate of drug-likeness (QED) is 0.313. The zero-order chi connectivity index (χ0) is 29.7. The van der Waals surface area contributed by atoms with Crippen LogP contribution in [0.4, 0.5) is 10.8 Å². The molecule has 2 aromatic carbocycles. The van der Waals surface area contributed by atoms with Crippen molar-refractivity contribution in [3.8, 4) is 28.4 Å². The Hall–Kier alpha value is -4.12. The highest BCUT2D eigenvalue weighted by atomic mass is 32.1. The molecule has 1 aliphatic rings. The van der Waals surface area contributed by atoms with Gasteiger partial charge in [-0.15, -0.1) is 11.3 Å². The van der Waals surface area contributed by atoms with E-state index < -0.39 is 12.1 Å². The van der Waals surface area contributed by atoms with E-state index >= 15 is 0 Å². The molecule has 1 heterocycles. The van der Waals surface area contributed by atoms with Gasteiger partial charge in [0.05, 0.1) is 33.1 Å². The number of ether oxygens (including phenoxy) is 3. The van der Waals surface area contributed by atoms with Crippen molar-refractivity contribution >= 4 is 34.0 Å². The number of fused-ring (bicyclic) bond motifs is 3. The van der Waals surface area contributed by atoms with Gasteiger partial charge in [-0.05, 0) is 53.6 Å². The van der Waals surface area contributed by atoms with Crippen LogP contribution in [-0.4, -0.2) is 44.2 Å². The van der Waals surface area contributed by atoms with Crippen molar-refractivity contribution in [2.45, 2.75) is 52.1 Å². The van der Waals surface area contributed by atoms with Crippen LogP contribution in [0.5, 0.6) is 17.2 Å². The van der Waals surface area contributed by atoms with E-state index in [9.17, 15) is 14.4 Å². The molecule has 1 aromatic heterocycles. The van der Waals surface area contributed by atoms with Gasteiger partial charge < -0.3 is 30.2 Å². The minimum atomic E-state index is -0.684. The van der Waals surface area contributed by atoms with Gasteiger partial charge in [-0.1, -0.05) is 26.3 Å². The van der Waals surface area contributed by atoms with Crippen LogP contribution in [0.3, 0.4) is 0 Å². The number of amides is 2. The number of carbonyl (C=O) groups is 2. The maximum absolute atomic E-state index is 13.7. The van der Waals surface area contributed by atoms with E-state index in [-0.39, 0.29) is 28.8 Å². The third kappa shape index (κ3) is 6.30. The topological polar surface area (TPSA) is 128 Å². The maximum Gasteiger partial charge on any atom is 0.248 e. The van der Waals surface area contributed by atoms with E-state index in [0.717, 1.165) is 11.1 Å². The number of aryl methyl sites for hydroxylation is 1. The van der Waals surface area contributed by atoms with Crippen molar-refractivity contribution < 1.29 is 23.8 Å². The summed E-state index contributed by atoms with van der Waals surface area (Å²) in [6.45, 7) is 5.40. The number of benzene rings is 1. The number of thiazole rings is 1. The first-order valence-corrected chi connectivity index (χ1v) is 14.3. The van der Waals surface area contributed by atoms with Gasteiger partial charge in [0, 0.05) is 24.1 Å². The Morgan fingerprint density at radius 2 is 1.88 bits per heavy atom. The molecule has 11 heteroatoms. The van der Waals surface area contributed by atoms with Crippen LogP contribution in [-0.2, 0) is 16.0 Å². The van der Waals surface area contributed by atoms with Crippen LogP contribution < -0.4 is 35.6 Å². The Kier molecular flexibility index (Phi) is 9.49. The monoisotopic (exact) mass is 580 g/mol. The number of anilines is 2. The Morgan fingerprint density at radius 1 is 1.12 bits per heavy atom. The van der Waals surface area contributed by atoms with Crippen LogP contribution in [0.15, 0.2) is 40.6 Å². The number of aromatic nitrogens is 1. The first kappa shape index (κ1) is 29.9. The predicted octanol–water partition coefficient (Wildman–Crippen LogP) is 4.78. The zero-order valence-corrected chi connectivity index (χ0v) is 24.9. The summed E-state index contributed by atoms with van der Waals surface area (Å²) in [5.74, 6) is 0.865. The van der Waals surface area contributed by atoms with Crippen molar-refractivity contribution in [2.24, 2.45) is 5.92 Å². The molecule has 1 aliphatic carbocycles. The number of carbonyl (C=O) groups excluding carboxylic acids is 2. The normalized spacial score (nSPS) is 15.3. The van der Waals surface area contributed by atoms with Gasteiger partial charge in [0.2, 0.25) is 23.0 Å². The molecule has 3 aromatic rings. The molecular weight excluding hydrogens is 544 g/mol. The summed E-state index contributed by atoms with van der Waals surface area (Å²) >= 11 is 1.32. The highest BCUT2D eigenvalue weighted by Gasteiger charge is 2.30. The summed E-state index contributed by atoms with van der Waals surface area (Å²) in [5.41, 5.74) is 3.01. The number of hydrogen-bond donors (Lipinski definition) is 3. The second-order valence-corrected chi connectivity index (χ2v) is 10.8. The Balaban J connectivity index is 1.88. The van der Waals surface area contributed by atoms with E-state index in [4.69, 9.17) is 14.2 Å². The summed E-state index contributed by atoms with van der Waals surface area (Å²) in [5, 5.41) is 11.3. The van der Waals surface area contributed by atoms with Crippen molar-refractivity contribution in [2.75, 3.05) is 32.0 Å². The first-order valence-electron chi connectivity index (χ1n) is 13.5. The molecule has 2 amide bonds. The van der Waals surface area contributed by atoms with Gasteiger partial charge in [0.1, 0.15) is 6.04 Å². The minimum Gasteiger partial charge on any atom is -0.493 e. The minimum absolute atomic E-state index is 0.0811. The third-order valence-electron chi connectivity index (χ3n) is 7.38. The first-order chi connectivity index (χ1) is 19.7. The van der Waals surface area contributed by atoms with E-state index in [1.165, 1.54) is 24.3 Å². The highest BCUT2D eigenvalue weighted by molar-refractivity contribution is 7.13. The Morgan fingerprint density at radius 3 is 2.49 bits per heavy atom. The average Bonchev–Trinajstić information content (AvgIpc) is 3.36. The average molecular weight is 581 g/mol. The van der Waals surface area contributed by atoms with Crippen LogP contribution in [0.2, 0.25) is 0 Å². The second kappa shape index (κ2) is 13.0. The van der Waals surface area contributed by atoms with Crippen molar-refractivity contribution in [1.82, 2.24) is 10.3 Å². The summed E-state index contributed by atoms with van der Waals surface area (Å²) in [7, 11) is 4.66. The lowest BCUT2D eigenvalue weighted by molar-refractivity contribution is -0.120. The molecule has 4 rings (SSSR count). The van der Waals surface area contributed by atoms with E-state index in [0.29, 0.717) is 52.8 Å². The second-order valence-electron chi connectivity index (χ2n) is 9.93. The van der Waals surface area contributed by atoms with Crippen molar-refractivity contribution in [3.63, 3.8) is 0 Å². The van der Waals surface area contributed by atoms with E-state index in [1.54, 1.807) is 39.0 Å². The number of rotatable bonds is 10. The molecule has 0 bridgehead atoms.